The van der Waals surface area contributed by atoms with E-state index in [1.54, 1.807) is 6.07 Å². The van der Waals surface area contributed by atoms with Gasteiger partial charge in [-0.15, -0.1) is 0 Å². The first kappa shape index (κ1) is 26.1. The van der Waals surface area contributed by atoms with Gasteiger partial charge >= 0.3 is 0 Å². The predicted octanol–water partition coefficient (Wildman–Crippen LogP) is 4.77. The molecule has 2 aliphatic rings. The van der Waals surface area contributed by atoms with E-state index >= 15 is 0 Å². The van der Waals surface area contributed by atoms with Gasteiger partial charge in [0.1, 0.15) is 16.5 Å². The molecule has 1 N–H and O–H groups in total. The lowest BCUT2D eigenvalue weighted by molar-refractivity contribution is 0.0160. The van der Waals surface area contributed by atoms with Crippen molar-refractivity contribution in [3.63, 3.8) is 0 Å². The van der Waals surface area contributed by atoms with Gasteiger partial charge in [0.2, 0.25) is 15.7 Å². The molecule has 2 aromatic rings. The highest BCUT2D eigenvalue weighted by Crippen LogP contribution is 2.38. The first-order chi connectivity index (χ1) is 16.7. The molecule has 0 aliphatic carbocycles. The number of nitrogens with one attached hydrogen (secondary N) is 1. The maximum absolute atomic E-state index is 14.0. The number of halogens is 3. The van der Waals surface area contributed by atoms with E-state index in [1.807, 2.05) is 0 Å². The molecule has 188 valence electrons. The zero-order chi connectivity index (χ0) is 25.1. The van der Waals surface area contributed by atoms with E-state index in [4.69, 9.17) is 39.2 Å². The number of rotatable bonds is 9. The van der Waals surface area contributed by atoms with Crippen LogP contribution in [0.5, 0.6) is 5.75 Å². The van der Waals surface area contributed by atoms with Gasteiger partial charge in [-0.2, -0.15) is 4.31 Å². The molecule has 0 spiro atoms. The zero-order valence-electron chi connectivity index (χ0n) is 19.0. The standard InChI is InChI=1S/C24H26Cl2FN3O4S/c1-28-22-4-3-19(11-21(22)27)34-16-24(13-29-12-17-6-8-33-9-7-17)14-30(15-24)35(31,32)23-5-2-18(25)10-20(23)26/h2-5,10-11,17,29H,6-9,12-16H2. The summed E-state index contributed by atoms with van der Waals surface area (Å²) >= 11 is 12.1. The van der Waals surface area contributed by atoms with Crippen molar-refractivity contribution in [2.24, 2.45) is 11.3 Å². The van der Waals surface area contributed by atoms with Crippen molar-refractivity contribution in [1.82, 2.24) is 9.62 Å². The molecule has 0 radical (unpaired) electrons. The van der Waals surface area contributed by atoms with Crippen LogP contribution in [0.15, 0.2) is 41.3 Å². The molecular formula is C24H26Cl2FN3O4S. The SMILES string of the molecule is [C-]#[N+]c1ccc(OCC2(CNCC3CCOCC3)CN(S(=O)(=O)c3ccc(Cl)cc3Cl)C2)cc1F. The third-order valence-electron chi connectivity index (χ3n) is 6.39. The Labute approximate surface area is 215 Å². The normalized spacial score (nSPS) is 18.6. The maximum atomic E-state index is 14.0. The van der Waals surface area contributed by atoms with Gasteiger partial charge in [-0.1, -0.05) is 23.2 Å². The molecule has 2 fully saturated rings. The van der Waals surface area contributed by atoms with E-state index < -0.39 is 21.3 Å². The molecule has 35 heavy (non-hydrogen) atoms. The molecule has 0 amide bonds. The number of ether oxygens (including phenoxy) is 2. The minimum absolute atomic E-state index is 0.00468. The van der Waals surface area contributed by atoms with E-state index in [0.717, 1.165) is 32.6 Å². The van der Waals surface area contributed by atoms with Crippen molar-refractivity contribution >= 4 is 38.9 Å². The molecule has 0 unspecified atom stereocenters. The average molecular weight is 542 g/mol. The van der Waals surface area contributed by atoms with Crippen LogP contribution < -0.4 is 10.1 Å². The monoisotopic (exact) mass is 541 g/mol. The van der Waals surface area contributed by atoms with E-state index in [9.17, 15) is 12.8 Å². The molecule has 11 heteroatoms. The zero-order valence-corrected chi connectivity index (χ0v) is 21.3. The van der Waals surface area contributed by atoms with Crippen LogP contribution in [0, 0.1) is 23.7 Å². The minimum atomic E-state index is -3.82. The van der Waals surface area contributed by atoms with Crippen LogP contribution in [0.3, 0.4) is 0 Å². The Morgan fingerprint density at radius 2 is 1.94 bits per heavy atom. The van der Waals surface area contributed by atoms with Crippen molar-refractivity contribution in [2.45, 2.75) is 17.7 Å². The van der Waals surface area contributed by atoms with Crippen LogP contribution in [0.4, 0.5) is 10.1 Å². The van der Waals surface area contributed by atoms with Crippen molar-refractivity contribution in [2.75, 3.05) is 46.0 Å². The lowest BCUT2D eigenvalue weighted by Gasteiger charge is -2.49. The number of benzene rings is 2. The van der Waals surface area contributed by atoms with Crippen LogP contribution >= 0.6 is 23.2 Å². The fourth-order valence-electron chi connectivity index (χ4n) is 4.35. The Hall–Kier alpha value is -1.93. The fraction of sp³-hybridized carbons (Fsp3) is 0.458. The largest absolute Gasteiger partial charge is 0.493 e. The maximum Gasteiger partial charge on any atom is 0.244 e. The van der Waals surface area contributed by atoms with E-state index in [0.29, 0.717) is 23.2 Å². The number of hydrogen-bond donors (Lipinski definition) is 1. The second-order valence-electron chi connectivity index (χ2n) is 9.05. The van der Waals surface area contributed by atoms with Crippen LogP contribution in [0.1, 0.15) is 12.8 Å². The van der Waals surface area contributed by atoms with Crippen LogP contribution in [-0.4, -0.2) is 58.7 Å². The topological polar surface area (TPSA) is 72.2 Å². The van der Waals surface area contributed by atoms with Gasteiger partial charge in [0, 0.05) is 49.4 Å². The quantitative estimate of drug-likeness (QED) is 0.463. The van der Waals surface area contributed by atoms with Gasteiger partial charge in [-0.05, 0) is 55.6 Å². The molecule has 0 aromatic heterocycles. The highest BCUT2D eigenvalue weighted by atomic mass is 35.5. The van der Waals surface area contributed by atoms with Gasteiger partial charge in [0.15, 0.2) is 0 Å². The van der Waals surface area contributed by atoms with Gasteiger partial charge in [-0.25, -0.2) is 17.7 Å². The predicted molar refractivity (Wildman–Crippen MR) is 132 cm³/mol. The Morgan fingerprint density at radius 1 is 1.20 bits per heavy atom. The van der Waals surface area contributed by atoms with Crippen LogP contribution in [0.25, 0.3) is 4.85 Å². The number of hydrogen-bond acceptors (Lipinski definition) is 5. The van der Waals surface area contributed by atoms with Gasteiger partial charge in [-0.3, -0.25) is 0 Å². The number of nitrogens with zero attached hydrogens (tertiary/aromatic N) is 2. The lowest BCUT2D eigenvalue weighted by Crippen LogP contribution is -2.64. The fourth-order valence-corrected chi connectivity index (χ4v) is 6.76. The molecule has 0 bridgehead atoms. The van der Waals surface area contributed by atoms with Crippen molar-refractivity contribution in [3.8, 4) is 5.75 Å². The van der Waals surface area contributed by atoms with Crippen molar-refractivity contribution < 1.29 is 22.3 Å². The lowest BCUT2D eigenvalue weighted by atomic mass is 9.82. The Balaban J connectivity index is 1.45. The molecule has 2 heterocycles. The van der Waals surface area contributed by atoms with Crippen molar-refractivity contribution in [1.29, 1.82) is 0 Å². The molecule has 2 aromatic carbocycles. The van der Waals surface area contributed by atoms with Gasteiger partial charge in [0.05, 0.1) is 18.2 Å². The summed E-state index contributed by atoms with van der Waals surface area (Å²) in [6, 6.07) is 8.39. The third kappa shape index (κ3) is 6.08. The molecule has 0 saturated carbocycles. The summed E-state index contributed by atoms with van der Waals surface area (Å²) in [6.45, 7) is 10.4. The first-order valence-electron chi connectivity index (χ1n) is 11.3. The summed E-state index contributed by atoms with van der Waals surface area (Å²) in [7, 11) is -3.82. The molecular weight excluding hydrogens is 516 g/mol. The van der Waals surface area contributed by atoms with E-state index in [2.05, 4.69) is 10.2 Å². The van der Waals surface area contributed by atoms with Gasteiger partial charge in [0.25, 0.3) is 0 Å². The Kier molecular flexibility index (Phi) is 8.21. The van der Waals surface area contributed by atoms with Crippen LogP contribution in [0.2, 0.25) is 10.0 Å². The molecule has 7 nitrogen and oxygen atoms in total. The summed E-state index contributed by atoms with van der Waals surface area (Å²) in [5, 5.41) is 3.90. The summed E-state index contributed by atoms with van der Waals surface area (Å²) < 4.78 is 53.1. The summed E-state index contributed by atoms with van der Waals surface area (Å²) in [5.74, 6) is 0.143. The third-order valence-corrected chi connectivity index (χ3v) is 8.90. The molecule has 4 rings (SSSR count). The average Bonchev–Trinajstić information content (AvgIpc) is 2.80. The van der Waals surface area contributed by atoms with E-state index in [-0.39, 0.29) is 35.3 Å². The van der Waals surface area contributed by atoms with E-state index in [1.165, 1.54) is 34.6 Å². The molecule has 2 aliphatic heterocycles. The second-order valence-corrected chi connectivity index (χ2v) is 11.8. The van der Waals surface area contributed by atoms with Crippen molar-refractivity contribution in [3.05, 3.63) is 63.7 Å². The summed E-state index contributed by atoms with van der Waals surface area (Å²) in [4.78, 5) is 3.12. The molecule has 0 atom stereocenters. The second kappa shape index (κ2) is 11.0. The Bertz CT molecular complexity index is 1210. The Morgan fingerprint density at radius 3 is 2.60 bits per heavy atom. The highest BCUT2D eigenvalue weighted by molar-refractivity contribution is 7.89. The minimum Gasteiger partial charge on any atom is -0.493 e. The smallest absolute Gasteiger partial charge is 0.244 e. The van der Waals surface area contributed by atoms with Crippen LogP contribution in [-0.2, 0) is 14.8 Å². The molecule has 2 saturated heterocycles. The summed E-state index contributed by atoms with van der Waals surface area (Å²) in [6.07, 6.45) is 1.97. The highest BCUT2D eigenvalue weighted by Gasteiger charge is 2.49. The summed E-state index contributed by atoms with van der Waals surface area (Å²) in [5.41, 5.74) is -0.586. The number of sulfonamides is 1. The van der Waals surface area contributed by atoms with Gasteiger partial charge < -0.3 is 14.8 Å². The first-order valence-corrected chi connectivity index (χ1v) is 13.5.